The van der Waals surface area contributed by atoms with Crippen LogP contribution in [-0.2, 0) is 14.3 Å². The summed E-state index contributed by atoms with van der Waals surface area (Å²) in [6.45, 7) is 4.56. The van der Waals surface area contributed by atoms with Crippen LogP contribution in [0.25, 0.3) is 0 Å². The molecule has 0 aromatic heterocycles. The fourth-order valence-corrected chi connectivity index (χ4v) is 2.86. The smallest absolute Gasteiger partial charge is 0.329 e. The van der Waals surface area contributed by atoms with Crippen LogP contribution in [0.2, 0.25) is 0 Å². The first-order chi connectivity index (χ1) is 10.1. The molecule has 0 unspecified atom stereocenters. The predicted molar refractivity (Wildman–Crippen MR) is 75.2 cm³/mol. The Balaban J connectivity index is 1.90. The number of piperidine rings is 1. The highest BCUT2D eigenvalue weighted by molar-refractivity contribution is 5.86. The molecule has 0 aliphatic carbocycles. The zero-order chi connectivity index (χ0) is 15.3. The highest BCUT2D eigenvalue weighted by Gasteiger charge is 2.42. The number of amides is 2. The molecule has 0 atom stereocenters. The molecule has 2 rings (SSSR count). The van der Waals surface area contributed by atoms with Crippen molar-refractivity contribution in [3.63, 3.8) is 0 Å². The van der Waals surface area contributed by atoms with Gasteiger partial charge in [0.05, 0.1) is 6.10 Å². The van der Waals surface area contributed by atoms with Crippen LogP contribution < -0.4 is 5.32 Å². The number of hydrogen-bond donors (Lipinski definition) is 2. The van der Waals surface area contributed by atoms with E-state index in [0.717, 1.165) is 12.8 Å². The van der Waals surface area contributed by atoms with Gasteiger partial charge in [0.25, 0.3) is 0 Å². The molecule has 2 heterocycles. The zero-order valence-electron chi connectivity index (χ0n) is 12.5. The maximum atomic E-state index is 12.3. The molecule has 21 heavy (non-hydrogen) atoms. The minimum absolute atomic E-state index is 0.204. The first-order valence-corrected chi connectivity index (χ1v) is 7.57. The molecule has 2 aliphatic rings. The van der Waals surface area contributed by atoms with Gasteiger partial charge in [-0.3, -0.25) is 0 Å². The standard InChI is InChI=1S/C14H24N2O5/c1-2-21-11-3-7-16(8-4-11)13(19)15-14(12(17)18)5-9-20-10-6-14/h11H,2-10H2,1H3,(H,15,19)(H,17,18). The number of ether oxygens (including phenoxy) is 2. The third-order valence-corrected chi connectivity index (χ3v) is 4.23. The van der Waals surface area contributed by atoms with Crippen molar-refractivity contribution in [2.24, 2.45) is 0 Å². The van der Waals surface area contributed by atoms with E-state index in [9.17, 15) is 14.7 Å². The Labute approximate surface area is 124 Å². The summed E-state index contributed by atoms with van der Waals surface area (Å²) in [5.74, 6) is -0.983. The number of nitrogens with zero attached hydrogens (tertiary/aromatic N) is 1. The molecular formula is C14H24N2O5. The average molecular weight is 300 g/mol. The normalized spacial score (nSPS) is 22.8. The number of carbonyl (C=O) groups excluding carboxylic acids is 1. The van der Waals surface area contributed by atoms with E-state index in [4.69, 9.17) is 9.47 Å². The van der Waals surface area contributed by atoms with Crippen LogP contribution in [0.5, 0.6) is 0 Å². The van der Waals surface area contributed by atoms with Crippen molar-refractivity contribution >= 4 is 12.0 Å². The topological polar surface area (TPSA) is 88.1 Å². The zero-order valence-corrected chi connectivity index (χ0v) is 12.5. The van der Waals surface area contributed by atoms with Crippen molar-refractivity contribution in [1.82, 2.24) is 10.2 Å². The number of carboxylic acid groups (broad SMARTS) is 1. The summed E-state index contributed by atoms with van der Waals surface area (Å²) in [5.41, 5.74) is -1.19. The highest BCUT2D eigenvalue weighted by atomic mass is 16.5. The van der Waals surface area contributed by atoms with Gasteiger partial charge in [-0.1, -0.05) is 0 Å². The number of carbonyl (C=O) groups is 2. The molecule has 0 radical (unpaired) electrons. The number of nitrogens with one attached hydrogen (secondary N) is 1. The fraction of sp³-hybridized carbons (Fsp3) is 0.857. The van der Waals surface area contributed by atoms with E-state index in [1.807, 2.05) is 6.92 Å². The lowest BCUT2D eigenvalue weighted by Crippen LogP contribution is -2.61. The van der Waals surface area contributed by atoms with E-state index in [1.165, 1.54) is 0 Å². The van der Waals surface area contributed by atoms with Gasteiger partial charge < -0.3 is 24.8 Å². The first kappa shape index (κ1) is 16.0. The minimum atomic E-state index is -1.19. The maximum absolute atomic E-state index is 12.3. The average Bonchev–Trinajstić information content (AvgIpc) is 2.49. The van der Waals surface area contributed by atoms with E-state index >= 15 is 0 Å². The Morgan fingerprint density at radius 3 is 2.48 bits per heavy atom. The Kier molecular flexibility index (Phi) is 5.41. The third-order valence-electron chi connectivity index (χ3n) is 4.23. The molecule has 0 spiro atoms. The van der Waals surface area contributed by atoms with Crippen LogP contribution in [0.15, 0.2) is 0 Å². The molecule has 2 N–H and O–H groups in total. The fourth-order valence-electron chi connectivity index (χ4n) is 2.86. The molecule has 2 aliphatic heterocycles. The summed E-state index contributed by atoms with van der Waals surface area (Å²) in [7, 11) is 0. The van der Waals surface area contributed by atoms with Crippen molar-refractivity contribution < 1.29 is 24.2 Å². The molecule has 7 nitrogen and oxygen atoms in total. The Bertz CT molecular complexity index is 374. The lowest BCUT2D eigenvalue weighted by molar-refractivity contribution is -0.148. The monoisotopic (exact) mass is 300 g/mol. The molecule has 120 valence electrons. The second kappa shape index (κ2) is 7.09. The summed E-state index contributed by atoms with van der Waals surface area (Å²) in [4.78, 5) is 25.5. The molecule has 2 saturated heterocycles. The minimum Gasteiger partial charge on any atom is -0.480 e. The molecule has 7 heteroatoms. The Hall–Kier alpha value is -1.34. The largest absolute Gasteiger partial charge is 0.480 e. The second-order valence-corrected chi connectivity index (χ2v) is 5.57. The highest BCUT2D eigenvalue weighted by Crippen LogP contribution is 2.22. The van der Waals surface area contributed by atoms with Crippen LogP contribution in [0, 0.1) is 0 Å². The van der Waals surface area contributed by atoms with E-state index in [2.05, 4.69) is 5.32 Å². The number of urea groups is 1. The second-order valence-electron chi connectivity index (χ2n) is 5.57. The quantitative estimate of drug-likeness (QED) is 0.803. The van der Waals surface area contributed by atoms with Gasteiger partial charge in [0, 0.05) is 45.8 Å². The summed E-state index contributed by atoms with van der Waals surface area (Å²) in [6, 6.07) is -0.297. The third kappa shape index (κ3) is 3.85. The lowest BCUT2D eigenvalue weighted by Gasteiger charge is -2.38. The van der Waals surface area contributed by atoms with Crippen LogP contribution in [0.3, 0.4) is 0 Å². The Morgan fingerprint density at radius 2 is 1.95 bits per heavy atom. The Morgan fingerprint density at radius 1 is 1.33 bits per heavy atom. The molecule has 0 aromatic rings. The van der Waals surface area contributed by atoms with Crippen LogP contribution in [-0.4, -0.2) is 66.6 Å². The van der Waals surface area contributed by atoms with Gasteiger partial charge in [-0.2, -0.15) is 0 Å². The van der Waals surface area contributed by atoms with Gasteiger partial charge in [0.2, 0.25) is 0 Å². The number of carboxylic acids is 1. The van der Waals surface area contributed by atoms with Crippen molar-refractivity contribution in [2.45, 2.75) is 44.2 Å². The number of aliphatic carboxylic acids is 1. The van der Waals surface area contributed by atoms with Crippen molar-refractivity contribution in [3.8, 4) is 0 Å². The van der Waals surface area contributed by atoms with E-state index in [-0.39, 0.29) is 12.1 Å². The summed E-state index contributed by atoms with van der Waals surface area (Å²) < 4.78 is 10.7. The lowest BCUT2D eigenvalue weighted by atomic mass is 9.90. The maximum Gasteiger partial charge on any atom is 0.329 e. The summed E-state index contributed by atoms with van der Waals surface area (Å²) in [5, 5.41) is 12.2. The number of rotatable bonds is 4. The van der Waals surface area contributed by atoms with Crippen LogP contribution in [0.1, 0.15) is 32.6 Å². The van der Waals surface area contributed by atoms with E-state index in [0.29, 0.717) is 45.8 Å². The SMILES string of the molecule is CCOC1CCN(C(=O)NC2(C(=O)O)CCOCC2)CC1. The number of hydrogen-bond acceptors (Lipinski definition) is 4. The van der Waals surface area contributed by atoms with Gasteiger partial charge in [-0.25, -0.2) is 9.59 Å². The molecule has 0 aromatic carbocycles. The van der Waals surface area contributed by atoms with Gasteiger partial charge in [0.15, 0.2) is 0 Å². The first-order valence-electron chi connectivity index (χ1n) is 7.57. The van der Waals surface area contributed by atoms with Gasteiger partial charge in [-0.15, -0.1) is 0 Å². The molecule has 0 bridgehead atoms. The van der Waals surface area contributed by atoms with Gasteiger partial charge in [0.1, 0.15) is 5.54 Å². The van der Waals surface area contributed by atoms with Crippen molar-refractivity contribution in [1.29, 1.82) is 0 Å². The number of likely N-dealkylation sites (tertiary alicyclic amines) is 1. The van der Waals surface area contributed by atoms with Crippen LogP contribution in [0.4, 0.5) is 4.79 Å². The summed E-state index contributed by atoms with van der Waals surface area (Å²) >= 11 is 0. The van der Waals surface area contributed by atoms with E-state index in [1.54, 1.807) is 4.90 Å². The van der Waals surface area contributed by atoms with Gasteiger partial charge in [-0.05, 0) is 19.8 Å². The van der Waals surface area contributed by atoms with Crippen molar-refractivity contribution in [3.05, 3.63) is 0 Å². The predicted octanol–water partition coefficient (Wildman–Crippen LogP) is 0.831. The van der Waals surface area contributed by atoms with Gasteiger partial charge >= 0.3 is 12.0 Å². The van der Waals surface area contributed by atoms with Crippen molar-refractivity contribution in [2.75, 3.05) is 32.9 Å². The molecule has 0 saturated carbocycles. The molecule has 2 fully saturated rings. The molecular weight excluding hydrogens is 276 g/mol. The summed E-state index contributed by atoms with van der Waals surface area (Å²) in [6.07, 6.45) is 2.41. The van der Waals surface area contributed by atoms with E-state index < -0.39 is 11.5 Å². The van der Waals surface area contributed by atoms with Crippen LogP contribution >= 0.6 is 0 Å². The molecule has 2 amide bonds.